The molecule has 1 heterocycles. The summed E-state index contributed by atoms with van der Waals surface area (Å²) in [4.78, 5) is 3.88. The van der Waals surface area contributed by atoms with Gasteiger partial charge in [-0.1, -0.05) is 5.16 Å². The fourth-order valence-corrected chi connectivity index (χ4v) is 1.67. The Balaban J connectivity index is 1.79. The van der Waals surface area contributed by atoms with Crippen molar-refractivity contribution < 1.29 is 9.63 Å². The third-order valence-electron chi connectivity index (χ3n) is 2.41. The number of nitrogens with zero attached hydrogens (tertiary/aromatic N) is 2. The summed E-state index contributed by atoms with van der Waals surface area (Å²) in [5, 5.41) is 16.4. The molecule has 1 aromatic heterocycles. The maximum absolute atomic E-state index is 9.49. The van der Waals surface area contributed by atoms with Gasteiger partial charge in [-0.2, -0.15) is 4.98 Å². The second kappa shape index (κ2) is 3.85. The monoisotopic (exact) mass is 183 g/mol. The third kappa shape index (κ3) is 2.05. The Morgan fingerprint density at radius 2 is 2.54 bits per heavy atom. The van der Waals surface area contributed by atoms with Crippen molar-refractivity contribution >= 4 is 0 Å². The lowest BCUT2D eigenvalue weighted by molar-refractivity contribution is 0.148. The van der Waals surface area contributed by atoms with Gasteiger partial charge >= 0.3 is 0 Å². The van der Waals surface area contributed by atoms with Gasteiger partial charge < -0.3 is 14.9 Å². The summed E-state index contributed by atoms with van der Waals surface area (Å²) in [6.07, 6.45) is 4.10. The van der Waals surface area contributed by atoms with E-state index in [1.807, 2.05) is 0 Å². The van der Waals surface area contributed by atoms with Gasteiger partial charge in [-0.25, -0.2) is 0 Å². The molecule has 2 atom stereocenters. The zero-order chi connectivity index (χ0) is 9.10. The van der Waals surface area contributed by atoms with E-state index in [9.17, 15) is 5.11 Å². The van der Waals surface area contributed by atoms with Crippen LogP contribution < -0.4 is 5.32 Å². The first kappa shape index (κ1) is 8.65. The van der Waals surface area contributed by atoms with Crippen LogP contribution in [0.2, 0.25) is 0 Å². The lowest BCUT2D eigenvalue weighted by Gasteiger charge is -2.14. The molecule has 1 aliphatic carbocycles. The van der Waals surface area contributed by atoms with Gasteiger partial charge in [-0.15, -0.1) is 0 Å². The molecule has 0 spiro atoms. The highest BCUT2D eigenvalue weighted by atomic mass is 16.5. The van der Waals surface area contributed by atoms with E-state index in [0.717, 1.165) is 19.3 Å². The number of hydrogen-bond acceptors (Lipinski definition) is 5. The topological polar surface area (TPSA) is 71.2 Å². The average molecular weight is 183 g/mol. The van der Waals surface area contributed by atoms with Gasteiger partial charge in [-0.05, 0) is 19.3 Å². The molecule has 0 aliphatic heterocycles. The zero-order valence-corrected chi connectivity index (χ0v) is 7.31. The molecule has 5 heteroatoms. The third-order valence-corrected chi connectivity index (χ3v) is 2.41. The number of rotatable bonds is 3. The molecule has 1 aliphatic rings. The van der Waals surface area contributed by atoms with Gasteiger partial charge in [-0.3, -0.25) is 0 Å². The Kier molecular flexibility index (Phi) is 2.56. The quantitative estimate of drug-likeness (QED) is 0.694. The van der Waals surface area contributed by atoms with Gasteiger partial charge in [0.15, 0.2) is 5.82 Å². The predicted molar refractivity (Wildman–Crippen MR) is 44.8 cm³/mol. The van der Waals surface area contributed by atoms with Crippen molar-refractivity contribution in [1.82, 2.24) is 15.5 Å². The Labute approximate surface area is 76.1 Å². The molecule has 1 saturated carbocycles. The van der Waals surface area contributed by atoms with Crippen LogP contribution >= 0.6 is 0 Å². The molecule has 0 bridgehead atoms. The van der Waals surface area contributed by atoms with Crippen molar-refractivity contribution in [2.75, 3.05) is 0 Å². The summed E-state index contributed by atoms with van der Waals surface area (Å²) in [5.41, 5.74) is 0. The van der Waals surface area contributed by atoms with E-state index in [4.69, 9.17) is 0 Å². The minimum Gasteiger partial charge on any atom is -0.392 e. The molecule has 0 amide bonds. The average Bonchev–Trinajstić information content (AvgIpc) is 2.72. The van der Waals surface area contributed by atoms with Crippen LogP contribution in [-0.4, -0.2) is 27.4 Å². The highest BCUT2D eigenvalue weighted by Gasteiger charge is 2.24. The molecule has 5 nitrogen and oxygen atoms in total. The number of nitrogens with one attached hydrogen (secondary N) is 1. The minimum absolute atomic E-state index is 0.193. The van der Waals surface area contributed by atoms with E-state index >= 15 is 0 Å². The van der Waals surface area contributed by atoms with Gasteiger partial charge in [0.2, 0.25) is 6.39 Å². The van der Waals surface area contributed by atoms with Crippen LogP contribution in [-0.2, 0) is 6.54 Å². The molecule has 0 radical (unpaired) electrons. The van der Waals surface area contributed by atoms with Gasteiger partial charge in [0, 0.05) is 6.04 Å². The summed E-state index contributed by atoms with van der Waals surface area (Å²) >= 11 is 0. The maximum atomic E-state index is 9.49. The molecule has 1 fully saturated rings. The molecule has 1 aromatic rings. The lowest BCUT2D eigenvalue weighted by atomic mass is 10.2. The fourth-order valence-electron chi connectivity index (χ4n) is 1.67. The molecule has 2 unspecified atom stereocenters. The fraction of sp³-hybridized carbons (Fsp3) is 0.750. The largest absolute Gasteiger partial charge is 0.392 e. The Hall–Kier alpha value is -0.940. The van der Waals surface area contributed by atoms with Crippen LogP contribution in [0.1, 0.15) is 25.1 Å². The summed E-state index contributed by atoms with van der Waals surface area (Å²) in [5.74, 6) is 0.638. The van der Waals surface area contributed by atoms with Crippen LogP contribution in [0.4, 0.5) is 0 Å². The predicted octanol–water partition coefficient (Wildman–Crippen LogP) is 0.0726. The van der Waals surface area contributed by atoms with Gasteiger partial charge in [0.1, 0.15) is 0 Å². The van der Waals surface area contributed by atoms with Crippen LogP contribution in [0.15, 0.2) is 10.9 Å². The Morgan fingerprint density at radius 3 is 3.15 bits per heavy atom. The van der Waals surface area contributed by atoms with E-state index < -0.39 is 0 Å². The van der Waals surface area contributed by atoms with E-state index in [0.29, 0.717) is 12.4 Å². The lowest BCUT2D eigenvalue weighted by Crippen LogP contribution is -2.35. The van der Waals surface area contributed by atoms with Crippen LogP contribution in [0.5, 0.6) is 0 Å². The highest BCUT2D eigenvalue weighted by Crippen LogP contribution is 2.18. The second-order valence-corrected chi connectivity index (χ2v) is 3.33. The summed E-state index contributed by atoms with van der Waals surface area (Å²) in [6.45, 7) is 0.568. The SMILES string of the molecule is OC1CCCC1NCc1ncon1. The van der Waals surface area contributed by atoms with E-state index in [2.05, 4.69) is 20.0 Å². The van der Waals surface area contributed by atoms with Crippen molar-refractivity contribution in [3.63, 3.8) is 0 Å². The number of aromatic nitrogens is 2. The first-order valence-electron chi connectivity index (χ1n) is 4.53. The first-order valence-corrected chi connectivity index (χ1v) is 4.53. The molecule has 0 aromatic carbocycles. The molecule has 0 saturated heterocycles. The van der Waals surface area contributed by atoms with E-state index in [1.165, 1.54) is 6.39 Å². The van der Waals surface area contributed by atoms with E-state index in [-0.39, 0.29) is 12.1 Å². The highest BCUT2D eigenvalue weighted by molar-refractivity contribution is 4.85. The Bertz CT molecular complexity index is 250. The normalized spacial score (nSPS) is 28.1. The van der Waals surface area contributed by atoms with Crippen molar-refractivity contribution in [3.8, 4) is 0 Å². The van der Waals surface area contributed by atoms with Crippen LogP contribution in [0.25, 0.3) is 0 Å². The Morgan fingerprint density at radius 1 is 1.62 bits per heavy atom. The summed E-state index contributed by atoms with van der Waals surface area (Å²) in [6, 6.07) is 0.193. The summed E-state index contributed by atoms with van der Waals surface area (Å²) < 4.78 is 4.59. The second-order valence-electron chi connectivity index (χ2n) is 3.33. The zero-order valence-electron chi connectivity index (χ0n) is 7.31. The van der Waals surface area contributed by atoms with Crippen LogP contribution in [0.3, 0.4) is 0 Å². The maximum Gasteiger partial charge on any atom is 0.213 e. The van der Waals surface area contributed by atoms with Crippen molar-refractivity contribution in [2.24, 2.45) is 0 Å². The number of aliphatic hydroxyl groups is 1. The molecular formula is C8H13N3O2. The number of hydrogen-bond donors (Lipinski definition) is 2. The minimum atomic E-state index is -0.216. The summed E-state index contributed by atoms with van der Waals surface area (Å²) in [7, 11) is 0. The molecule has 2 rings (SSSR count). The standard InChI is InChI=1S/C8H13N3O2/c12-7-3-1-2-6(7)9-4-8-10-5-13-11-8/h5-7,9,12H,1-4H2. The number of aliphatic hydroxyl groups excluding tert-OH is 1. The molecule has 13 heavy (non-hydrogen) atoms. The van der Waals surface area contributed by atoms with Gasteiger partial charge in [0.05, 0.1) is 12.6 Å². The van der Waals surface area contributed by atoms with Gasteiger partial charge in [0.25, 0.3) is 0 Å². The van der Waals surface area contributed by atoms with Crippen molar-refractivity contribution in [1.29, 1.82) is 0 Å². The first-order chi connectivity index (χ1) is 6.36. The van der Waals surface area contributed by atoms with Crippen LogP contribution in [0, 0.1) is 0 Å². The molecule has 72 valence electrons. The molecular weight excluding hydrogens is 170 g/mol. The van der Waals surface area contributed by atoms with Crippen molar-refractivity contribution in [2.45, 2.75) is 38.0 Å². The van der Waals surface area contributed by atoms with Crippen molar-refractivity contribution in [3.05, 3.63) is 12.2 Å². The smallest absolute Gasteiger partial charge is 0.213 e. The molecule has 2 N–H and O–H groups in total. The van der Waals surface area contributed by atoms with E-state index in [1.54, 1.807) is 0 Å².